The van der Waals surface area contributed by atoms with E-state index in [-0.39, 0.29) is 30.3 Å². The quantitative estimate of drug-likeness (QED) is 0.461. The molecule has 9 heteroatoms. The third kappa shape index (κ3) is 5.17. The first kappa shape index (κ1) is 22.8. The van der Waals surface area contributed by atoms with Gasteiger partial charge in [-0.25, -0.2) is 4.39 Å². The Balaban J connectivity index is 1.59. The van der Waals surface area contributed by atoms with Crippen molar-refractivity contribution in [3.63, 3.8) is 0 Å². The fourth-order valence-electron chi connectivity index (χ4n) is 3.81. The van der Waals surface area contributed by atoms with Crippen LogP contribution < -0.4 is 9.80 Å². The van der Waals surface area contributed by atoms with Crippen molar-refractivity contribution in [1.82, 2.24) is 14.8 Å². The molecule has 4 rings (SSSR count). The SMILES string of the molecule is Cc1ccc(-n2c(SCC(=O)N(CCC#N)c3ccccc3F)nnc2N2CCCC2)cc1. The van der Waals surface area contributed by atoms with Crippen molar-refractivity contribution in [3.05, 3.63) is 59.9 Å². The Kier molecular flexibility index (Phi) is 7.25. The molecule has 0 atom stereocenters. The molecule has 7 nitrogen and oxygen atoms in total. The van der Waals surface area contributed by atoms with E-state index in [9.17, 15) is 9.18 Å². The van der Waals surface area contributed by atoms with Crippen molar-refractivity contribution < 1.29 is 9.18 Å². The fourth-order valence-corrected chi connectivity index (χ4v) is 4.64. The summed E-state index contributed by atoms with van der Waals surface area (Å²) in [7, 11) is 0. The number of nitriles is 1. The zero-order chi connectivity index (χ0) is 23.2. The number of carbonyl (C=O) groups excluding carboxylic acids is 1. The number of anilines is 2. The summed E-state index contributed by atoms with van der Waals surface area (Å²) in [5, 5.41) is 18.4. The predicted molar refractivity (Wildman–Crippen MR) is 127 cm³/mol. The van der Waals surface area contributed by atoms with Crippen LogP contribution in [0.15, 0.2) is 53.7 Å². The van der Waals surface area contributed by atoms with Gasteiger partial charge in [0.05, 0.1) is 29.6 Å². The molecule has 0 spiro atoms. The van der Waals surface area contributed by atoms with Gasteiger partial charge in [0.1, 0.15) is 5.82 Å². The van der Waals surface area contributed by atoms with Crippen molar-refractivity contribution in [1.29, 1.82) is 5.26 Å². The molecule has 170 valence electrons. The maximum absolute atomic E-state index is 14.4. The number of benzene rings is 2. The number of hydrogen-bond donors (Lipinski definition) is 0. The number of hydrogen-bond acceptors (Lipinski definition) is 6. The lowest BCUT2D eigenvalue weighted by atomic mass is 10.2. The predicted octanol–water partition coefficient (Wildman–Crippen LogP) is 4.35. The van der Waals surface area contributed by atoms with Crippen molar-refractivity contribution in [3.8, 4) is 11.8 Å². The molecule has 33 heavy (non-hydrogen) atoms. The minimum absolute atomic E-state index is 0.0454. The molecule has 3 aromatic rings. The van der Waals surface area contributed by atoms with Gasteiger partial charge < -0.3 is 9.80 Å². The molecular weight excluding hydrogens is 439 g/mol. The summed E-state index contributed by atoms with van der Waals surface area (Å²) in [4.78, 5) is 16.6. The summed E-state index contributed by atoms with van der Waals surface area (Å²) in [5.41, 5.74) is 2.26. The lowest BCUT2D eigenvalue weighted by Gasteiger charge is -2.22. The van der Waals surface area contributed by atoms with Crippen molar-refractivity contribution in [2.24, 2.45) is 0 Å². The van der Waals surface area contributed by atoms with Crippen molar-refractivity contribution in [2.45, 2.75) is 31.3 Å². The van der Waals surface area contributed by atoms with Gasteiger partial charge in [-0.1, -0.05) is 41.6 Å². The lowest BCUT2D eigenvalue weighted by molar-refractivity contribution is -0.116. The van der Waals surface area contributed by atoms with Crippen LogP contribution in [-0.4, -0.2) is 46.1 Å². The van der Waals surface area contributed by atoms with Crippen LogP contribution in [0.3, 0.4) is 0 Å². The van der Waals surface area contributed by atoms with E-state index < -0.39 is 5.82 Å². The van der Waals surface area contributed by atoms with Gasteiger partial charge in [-0.15, -0.1) is 10.2 Å². The van der Waals surface area contributed by atoms with Gasteiger partial charge >= 0.3 is 0 Å². The second-order valence-corrected chi connectivity index (χ2v) is 8.78. The molecule has 0 radical (unpaired) electrons. The Hall–Kier alpha value is -3.38. The molecule has 0 N–H and O–H groups in total. The van der Waals surface area contributed by atoms with Crippen LogP contribution in [0.25, 0.3) is 5.69 Å². The van der Waals surface area contributed by atoms with Gasteiger partial charge in [0, 0.05) is 19.6 Å². The smallest absolute Gasteiger partial charge is 0.237 e. The highest BCUT2D eigenvalue weighted by molar-refractivity contribution is 7.99. The Bertz CT molecular complexity index is 1150. The third-order valence-corrected chi connectivity index (χ3v) is 6.43. The molecule has 0 saturated carbocycles. The van der Waals surface area contributed by atoms with Gasteiger partial charge in [-0.3, -0.25) is 9.36 Å². The second kappa shape index (κ2) is 10.5. The Morgan fingerprint density at radius 1 is 1.15 bits per heavy atom. The summed E-state index contributed by atoms with van der Waals surface area (Å²) in [6.45, 7) is 4.00. The minimum atomic E-state index is -0.493. The number of carbonyl (C=O) groups is 1. The molecule has 1 aliphatic rings. The lowest BCUT2D eigenvalue weighted by Crippen LogP contribution is -2.34. The van der Waals surface area contributed by atoms with E-state index in [1.807, 2.05) is 41.8 Å². The van der Waals surface area contributed by atoms with Gasteiger partial charge in [0.2, 0.25) is 11.9 Å². The van der Waals surface area contributed by atoms with Gasteiger partial charge in [0.15, 0.2) is 5.16 Å². The summed E-state index contributed by atoms with van der Waals surface area (Å²) < 4.78 is 16.3. The molecule has 1 amide bonds. The number of halogens is 1. The van der Waals surface area contributed by atoms with Crippen LogP contribution in [0.4, 0.5) is 16.0 Å². The zero-order valence-electron chi connectivity index (χ0n) is 18.4. The first-order chi connectivity index (χ1) is 16.1. The van der Waals surface area contributed by atoms with Gasteiger partial charge in [-0.2, -0.15) is 5.26 Å². The summed E-state index contributed by atoms with van der Waals surface area (Å²) in [5.74, 6) is 0.0280. The average molecular weight is 465 g/mol. The highest BCUT2D eigenvalue weighted by Crippen LogP contribution is 2.29. The number of para-hydroxylation sites is 1. The Labute approximate surface area is 196 Å². The molecule has 1 aliphatic heterocycles. The normalized spacial score (nSPS) is 13.2. The number of nitrogens with zero attached hydrogens (tertiary/aromatic N) is 6. The number of aromatic nitrogens is 3. The molecule has 2 aromatic carbocycles. The van der Waals surface area contributed by atoms with E-state index in [0.29, 0.717) is 5.16 Å². The minimum Gasteiger partial charge on any atom is -0.341 e. The van der Waals surface area contributed by atoms with Gasteiger partial charge in [-0.05, 0) is 44.0 Å². The van der Waals surface area contributed by atoms with Gasteiger partial charge in [0.25, 0.3) is 0 Å². The van der Waals surface area contributed by atoms with Crippen molar-refractivity contribution in [2.75, 3.05) is 35.2 Å². The van der Waals surface area contributed by atoms with E-state index in [0.717, 1.165) is 43.1 Å². The molecule has 0 bridgehead atoms. The number of aryl methyl sites for hydroxylation is 1. The summed E-state index contributed by atoms with van der Waals surface area (Å²) >= 11 is 1.26. The molecule has 0 aliphatic carbocycles. The van der Waals surface area contributed by atoms with Crippen LogP contribution in [0, 0.1) is 24.1 Å². The van der Waals surface area contributed by atoms with E-state index in [1.54, 1.807) is 18.2 Å². The highest BCUT2D eigenvalue weighted by Gasteiger charge is 2.24. The van der Waals surface area contributed by atoms with Crippen LogP contribution in [-0.2, 0) is 4.79 Å². The standard InChI is InChI=1S/C24H25FN6OS/c1-18-9-11-19(12-10-18)31-23(29-14-4-5-15-29)27-28-24(31)33-17-22(32)30(16-6-13-26)21-8-3-2-7-20(21)25/h2-3,7-12H,4-6,14-17H2,1H3. The molecular formula is C24H25FN6OS. The third-order valence-electron chi connectivity index (χ3n) is 5.51. The molecule has 2 heterocycles. The Morgan fingerprint density at radius 2 is 1.88 bits per heavy atom. The second-order valence-electron chi connectivity index (χ2n) is 7.84. The summed E-state index contributed by atoms with van der Waals surface area (Å²) in [6, 6.07) is 16.2. The number of amides is 1. The summed E-state index contributed by atoms with van der Waals surface area (Å²) in [6.07, 6.45) is 2.33. The zero-order valence-corrected chi connectivity index (χ0v) is 19.3. The number of rotatable bonds is 8. The monoisotopic (exact) mass is 464 g/mol. The topological polar surface area (TPSA) is 78.0 Å². The Morgan fingerprint density at radius 3 is 2.58 bits per heavy atom. The number of thioether (sulfide) groups is 1. The van der Waals surface area contributed by atoms with E-state index in [4.69, 9.17) is 5.26 Å². The van der Waals surface area contributed by atoms with E-state index >= 15 is 0 Å². The highest BCUT2D eigenvalue weighted by atomic mass is 32.2. The maximum atomic E-state index is 14.4. The molecule has 0 unspecified atom stereocenters. The first-order valence-electron chi connectivity index (χ1n) is 10.9. The van der Waals surface area contributed by atoms with Crippen molar-refractivity contribution >= 4 is 29.3 Å². The van der Waals surface area contributed by atoms with E-state index in [2.05, 4.69) is 15.1 Å². The average Bonchev–Trinajstić information content (AvgIpc) is 3.49. The molecule has 1 aromatic heterocycles. The largest absolute Gasteiger partial charge is 0.341 e. The van der Waals surface area contributed by atoms with Crippen LogP contribution >= 0.6 is 11.8 Å². The molecule has 1 saturated heterocycles. The van der Waals surface area contributed by atoms with E-state index in [1.165, 1.54) is 22.7 Å². The fraction of sp³-hybridized carbons (Fsp3) is 0.333. The van der Waals surface area contributed by atoms with Crippen LogP contribution in [0.2, 0.25) is 0 Å². The van der Waals surface area contributed by atoms with Crippen LogP contribution in [0.1, 0.15) is 24.8 Å². The van der Waals surface area contributed by atoms with Crippen LogP contribution in [0.5, 0.6) is 0 Å². The maximum Gasteiger partial charge on any atom is 0.237 e. The molecule has 1 fully saturated rings. The first-order valence-corrected chi connectivity index (χ1v) is 11.9.